The highest BCUT2D eigenvalue weighted by Crippen LogP contribution is 2.46. The average Bonchev–Trinajstić information content (AvgIpc) is 3.64. The molecule has 54 heavy (non-hydrogen) atoms. The molecule has 1 nitrogen and oxygen atoms in total. The lowest BCUT2D eigenvalue weighted by molar-refractivity contribution is 1.30. The Morgan fingerprint density at radius 3 is 1.56 bits per heavy atom. The summed E-state index contributed by atoms with van der Waals surface area (Å²) in [6, 6.07) is 77.2. The maximum Gasteiger partial charge on any atom is 0.0554 e. The van der Waals surface area contributed by atoms with Crippen molar-refractivity contribution in [3.8, 4) is 44.5 Å². The Kier molecular flexibility index (Phi) is 8.09. The first-order chi connectivity index (χ1) is 26.7. The van der Waals surface area contributed by atoms with E-state index in [2.05, 4.69) is 217 Å². The minimum atomic E-state index is 1.11. The molecule has 0 unspecified atom stereocenters. The Balaban J connectivity index is 1.13. The SMILES string of the molecule is c1ccc(-c2cc(-c3ccccc3)cc(-c3ccc(N(c4cccc(-c5ccc6ccccc6c5)c4)c4cccc5sc6ccccc6c45)cc3)c2)cc1. The van der Waals surface area contributed by atoms with Crippen molar-refractivity contribution in [2.24, 2.45) is 0 Å². The number of thiophene rings is 1. The first-order valence-corrected chi connectivity index (χ1v) is 19.2. The third kappa shape index (κ3) is 5.93. The summed E-state index contributed by atoms with van der Waals surface area (Å²) in [6.45, 7) is 0. The van der Waals surface area contributed by atoms with Crippen LogP contribution < -0.4 is 4.90 Å². The molecule has 0 atom stereocenters. The molecule has 0 radical (unpaired) electrons. The van der Waals surface area contributed by atoms with Gasteiger partial charge in [0.05, 0.1) is 5.69 Å². The number of nitrogens with zero attached hydrogens (tertiary/aromatic N) is 1. The van der Waals surface area contributed by atoms with Crippen LogP contribution in [0.2, 0.25) is 0 Å². The Hall–Kier alpha value is -6.74. The van der Waals surface area contributed by atoms with E-state index in [1.54, 1.807) is 0 Å². The minimum Gasteiger partial charge on any atom is -0.310 e. The number of hydrogen-bond donors (Lipinski definition) is 0. The molecule has 10 aromatic rings. The Bertz CT molecular complexity index is 2870. The molecule has 9 aromatic carbocycles. The van der Waals surface area contributed by atoms with E-state index < -0.39 is 0 Å². The highest BCUT2D eigenvalue weighted by Gasteiger charge is 2.19. The van der Waals surface area contributed by atoms with Gasteiger partial charge in [-0.1, -0.05) is 146 Å². The van der Waals surface area contributed by atoms with E-state index in [4.69, 9.17) is 0 Å². The molecule has 2 heteroatoms. The molecule has 0 N–H and O–H groups in total. The van der Waals surface area contributed by atoms with Gasteiger partial charge in [0.1, 0.15) is 0 Å². The van der Waals surface area contributed by atoms with Gasteiger partial charge < -0.3 is 4.90 Å². The second kappa shape index (κ2) is 13.7. The zero-order valence-corrected chi connectivity index (χ0v) is 30.4. The van der Waals surface area contributed by atoms with E-state index in [0.717, 1.165) is 11.4 Å². The largest absolute Gasteiger partial charge is 0.310 e. The lowest BCUT2D eigenvalue weighted by atomic mass is 9.93. The number of rotatable bonds is 7. The highest BCUT2D eigenvalue weighted by molar-refractivity contribution is 7.26. The Morgan fingerprint density at radius 1 is 0.296 bits per heavy atom. The van der Waals surface area contributed by atoms with Crippen molar-refractivity contribution >= 4 is 59.3 Å². The maximum atomic E-state index is 2.44. The smallest absolute Gasteiger partial charge is 0.0554 e. The van der Waals surface area contributed by atoms with Gasteiger partial charge in [-0.05, 0) is 122 Å². The van der Waals surface area contributed by atoms with E-state index in [1.807, 2.05) is 11.3 Å². The summed E-state index contributed by atoms with van der Waals surface area (Å²) < 4.78 is 2.58. The van der Waals surface area contributed by atoms with Crippen LogP contribution in [-0.2, 0) is 0 Å². The monoisotopic (exact) mass is 705 g/mol. The van der Waals surface area contributed by atoms with Crippen LogP contribution in [-0.4, -0.2) is 0 Å². The van der Waals surface area contributed by atoms with Gasteiger partial charge in [-0.3, -0.25) is 0 Å². The number of fused-ring (bicyclic) bond motifs is 4. The fraction of sp³-hybridized carbons (Fsp3) is 0. The van der Waals surface area contributed by atoms with Crippen molar-refractivity contribution in [2.45, 2.75) is 0 Å². The molecule has 0 aliphatic heterocycles. The summed E-state index contributed by atoms with van der Waals surface area (Å²) in [5.41, 5.74) is 13.0. The van der Waals surface area contributed by atoms with Crippen molar-refractivity contribution < 1.29 is 0 Å². The lowest BCUT2D eigenvalue weighted by Gasteiger charge is -2.27. The number of anilines is 3. The summed E-state index contributed by atoms with van der Waals surface area (Å²) in [5.74, 6) is 0. The van der Waals surface area contributed by atoms with Gasteiger partial charge in [0.25, 0.3) is 0 Å². The number of benzene rings is 9. The Labute approximate surface area is 319 Å². The topological polar surface area (TPSA) is 3.24 Å². The van der Waals surface area contributed by atoms with E-state index in [1.165, 1.54) is 81.1 Å². The average molecular weight is 706 g/mol. The van der Waals surface area contributed by atoms with Gasteiger partial charge in [-0.2, -0.15) is 0 Å². The van der Waals surface area contributed by atoms with Crippen LogP contribution in [0.4, 0.5) is 17.1 Å². The van der Waals surface area contributed by atoms with Crippen LogP contribution in [0.25, 0.3) is 75.5 Å². The quantitative estimate of drug-likeness (QED) is 0.160. The van der Waals surface area contributed by atoms with Gasteiger partial charge in [0.2, 0.25) is 0 Å². The fourth-order valence-corrected chi connectivity index (χ4v) is 8.88. The van der Waals surface area contributed by atoms with E-state index in [0.29, 0.717) is 0 Å². The normalized spacial score (nSPS) is 11.3. The summed E-state index contributed by atoms with van der Waals surface area (Å²) in [5, 5.41) is 5.06. The van der Waals surface area contributed by atoms with Gasteiger partial charge in [0, 0.05) is 31.5 Å². The second-order valence-electron chi connectivity index (χ2n) is 13.8. The van der Waals surface area contributed by atoms with Crippen LogP contribution in [0.5, 0.6) is 0 Å². The summed E-state index contributed by atoms with van der Waals surface area (Å²) in [4.78, 5) is 2.44. The van der Waals surface area contributed by atoms with E-state index in [9.17, 15) is 0 Å². The van der Waals surface area contributed by atoms with Crippen molar-refractivity contribution in [1.82, 2.24) is 0 Å². The maximum absolute atomic E-state index is 2.44. The molecule has 0 saturated heterocycles. The van der Waals surface area contributed by atoms with Gasteiger partial charge in [-0.15, -0.1) is 11.3 Å². The molecule has 0 fully saturated rings. The van der Waals surface area contributed by atoms with Crippen LogP contribution in [0.1, 0.15) is 0 Å². The first-order valence-electron chi connectivity index (χ1n) is 18.4. The third-order valence-electron chi connectivity index (χ3n) is 10.4. The summed E-state index contributed by atoms with van der Waals surface area (Å²) in [7, 11) is 0. The predicted octanol–water partition coefficient (Wildman–Crippen LogP) is 15.3. The molecule has 0 spiro atoms. The fourth-order valence-electron chi connectivity index (χ4n) is 7.75. The van der Waals surface area contributed by atoms with Crippen LogP contribution >= 0.6 is 11.3 Å². The molecule has 0 bridgehead atoms. The Morgan fingerprint density at radius 2 is 0.833 bits per heavy atom. The van der Waals surface area contributed by atoms with Crippen molar-refractivity contribution in [3.63, 3.8) is 0 Å². The zero-order chi connectivity index (χ0) is 35.8. The second-order valence-corrected chi connectivity index (χ2v) is 14.9. The molecule has 0 amide bonds. The molecule has 254 valence electrons. The molecule has 0 aliphatic rings. The highest BCUT2D eigenvalue weighted by atomic mass is 32.1. The van der Waals surface area contributed by atoms with Crippen molar-refractivity contribution in [2.75, 3.05) is 4.90 Å². The standard InChI is InChI=1S/C52H35NS/c1-3-13-36(14-4-1)43-32-44(37-15-5-2-6-16-37)34-45(33-43)39-27-29-46(30-28-39)53(49-22-12-24-51-52(49)48-21-9-10-23-50(48)54-51)47-20-11-19-41(35-47)42-26-25-38-17-7-8-18-40(38)31-42/h1-35H. The molecule has 1 aromatic heterocycles. The molecule has 1 heterocycles. The van der Waals surface area contributed by atoms with Crippen molar-refractivity contribution in [3.05, 3.63) is 212 Å². The summed E-state index contributed by atoms with van der Waals surface area (Å²) in [6.07, 6.45) is 0. The van der Waals surface area contributed by atoms with Crippen LogP contribution in [0.15, 0.2) is 212 Å². The summed E-state index contributed by atoms with van der Waals surface area (Å²) >= 11 is 1.86. The first kappa shape index (κ1) is 32.0. The number of hydrogen-bond acceptors (Lipinski definition) is 2. The van der Waals surface area contributed by atoms with Gasteiger partial charge in [0.15, 0.2) is 0 Å². The van der Waals surface area contributed by atoms with Gasteiger partial charge >= 0.3 is 0 Å². The predicted molar refractivity (Wildman–Crippen MR) is 233 cm³/mol. The zero-order valence-electron chi connectivity index (χ0n) is 29.6. The lowest BCUT2D eigenvalue weighted by Crippen LogP contribution is -2.10. The minimum absolute atomic E-state index is 1.11. The van der Waals surface area contributed by atoms with E-state index in [-0.39, 0.29) is 0 Å². The van der Waals surface area contributed by atoms with Crippen molar-refractivity contribution in [1.29, 1.82) is 0 Å². The van der Waals surface area contributed by atoms with Crippen LogP contribution in [0.3, 0.4) is 0 Å². The molecular weight excluding hydrogens is 671 g/mol. The third-order valence-corrected chi connectivity index (χ3v) is 11.6. The van der Waals surface area contributed by atoms with E-state index >= 15 is 0 Å². The van der Waals surface area contributed by atoms with Gasteiger partial charge in [-0.25, -0.2) is 0 Å². The molecule has 0 aliphatic carbocycles. The molecule has 0 saturated carbocycles. The molecule has 10 rings (SSSR count). The van der Waals surface area contributed by atoms with Crippen LogP contribution in [0, 0.1) is 0 Å². The molecular formula is C52H35NS.